The number of aliphatic hydroxyl groups is 1. The lowest BCUT2D eigenvalue weighted by atomic mass is 9.86. The number of benzene rings is 1. The number of aryl methyl sites for hydroxylation is 2. The molecule has 1 aliphatic carbocycles. The fourth-order valence-corrected chi connectivity index (χ4v) is 2.43. The number of rotatable bonds is 3. The van der Waals surface area contributed by atoms with Crippen molar-refractivity contribution in [3.05, 3.63) is 34.9 Å². The molecule has 0 radical (unpaired) electrons. The minimum absolute atomic E-state index is 0.413. The van der Waals surface area contributed by atoms with Crippen molar-refractivity contribution < 1.29 is 14.6 Å². The SMILES string of the molecule is COC(=O)C(O)C1(c2cc(C)ccc2C)CC1. The van der Waals surface area contributed by atoms with E-state index in [9.17, 15) is 9.90 Å². The predicted molar refractivity (Wildman–Crippen MR) is 64.9 cm³/mol. The highest BCUT2D eigenvalue weighted by Crippen LogP contribution is 2.52. The molecular formula is C14H18O3. The highest BCUT2D eigenvalue weighted by atomic mass is 16.5. The first-order chi connectivity index (χ1) is 8.01. The van der Waals surface area contributed by atoms with Crippen LogP contribution in [-0.4, -0.2) is 24.3 Å². The monoisotopic (exact) mass is 234 g/mol. The molecule has 3 heteroatoms. The van der Waals surface area contributed by atoms with Gasteiger partial charge in [-0.05, 0) is 37.8 Å². The summed E-state index contributed by atoms with van der Waals surface area (Å²) in [5, 5.41) is 10.1. The van der Waals surface area contributed by atoms with Crippen LogP contribution < -0.4 is 0 Å². The Hall–Kier alpha value is -1.35. The third-order valence-electron chi connectivity index (χ3n) is 3.67. The molecule has 3 nitrogen and oxygen atoms in total. The number of esters is 1. The topological polar surface area (TPSA) is 46.5 Å². The maximum absolute atomic E-state index is 11.5. The third kappa shape index (κ3) is 1.95. The van der Waals surface area contributed by atoms with E-state index in [2.05, 4.69) is 10.8 Å². The Bertz CT molecular complexity index is 447. The second kappa shape index (κ2) is 4.15. The maximum atomic E-state index is 11.5. The molecular weight excluding hydrogens is 216 g/mol. The number of aliphatic hydroxyl groups excluding tert-OH is 1. The van der Waals surface area contributed by atoms with Gasteiger partial charge in [0.05, 0.1) is 7.11 Å². The summed E-state index contributed by atoms with van der Waals surface area (Å²) < 4.78 is 4.64. The van der Waals surface area contributed by atoms with Gasteiger partial charge in [-0.1, -0.05) is 23.8 Å². The quantitative estimate of drug-likeness (QED) is 0.812. The highest BCUT2D eigenvalue weighted by Gasteiger charge is 2.54. The Morgan fingerprint density at radius 3 is 2.59 bits per heavy atom. The number of hydrogen-bond acceptors (Lipinski definition) is 3. The van der Waals surface area contributed by atoms with Crippen molar-refractivity contribution in [1.82, 2.24) is 0 Å². The molecule has 17 heavy (non-hydrogen) atoms. The van der Waals surface area contributed by atoms with Gasteiger partial charge in [0.2, 0.25) is 0 Å². The summed E-state index contributed by atoms with van der Waals surface area (Å²) in [6.45, 7) is 4.03. The summed E-state index contributed by atoms with van der Waals surface area (Å²) in [4.78, 5) is 11.5. The van der Waals surface area contributed by atoms with Crippen molar-refractivity contribution in [2.75, 3.05) is 7.11 Å². The first-order valence-electron chi connectivity index (χ1n) is 5.85. The third-order valence-corrected chi connectivity index (χ3v) is 3.67. The molecule has 1 aromatic carbocycles. The summed E-state index contributed by atoms with van der Waals surface area (Å²) in [5.74, 6) is -0.539. The second-order valence-electron chi connectivity index (χ2n) is 4.90. The van der Waals surface area contributed by atoms with Gasteiger partial charge in [0.15, 0.2) is 6.10 Å². The van der Waals surface area contributed by atoms with Crippen LogP contribution in [0, 0.1) is 13.8 Å². The summed E-state index contributed by atoms with van der Waals surface area (Å²) in [5.41, 5.74) is 2.93. The summed E-state index contributed by atoms with van der Waals surface area (Å²) >= 11 is 0. The van der Waals surface area contributed by atoms with E-state index < -0.39 is 17.5 Å². The molecule has 1 aliphatic rings. The van der Waals surface area contributed by atoms with Gasteiger partial charge < -0.3 is 9.84 Å². The van der Waals surface area contributed by atoms with Gasteiger partial charge in [0.25, 0.3) is 0 Å². The maximum Gasteiger partial charge on any atom is 0.335 e. The fourth-order valence-electron chi connectivity index (χ4n) is 2.43. The van der Waals surface area contributed by atoms with Crippen LogP contribution >= 0.6 is 0 Å². The van der Waals surface area contributed by atoms with Crippen LogP contribution in [0.25, 0.3) is 0 Å². The average molecular weight is 234 g/mol. The second-order valence-corrected chi connectivity index (χ2v) is 4.90. The van der Waals surface area contributed by atoms with Crippen molar-refractivity contribution in [3.8, 4) is 0 Å². The van der Waals surface area contributed by atoms with E-state index in [1.165, 1.54) is 7.11 Å². The van der Waals surface area contributed by atoms with Gasteiger partial charge in [0.1, 0.15) is 0 Å². The zero-order valence-corrected chi connectivity index (χ0v) is 10.5. The number of carbonyl (C=O) groups excluding carboxylic acids is 1. The smallest absolute Gasteiger partial charge is 0.335 e. The molecule has 1 unspecified atom stereocenters. The number of methoxy groups -OCH3 is 1. The summed E-state index contributed by atoms with van der Waals surface area (Å²) in [6.07, 6.45) is 0.634. The van der Waals surface area contributed by atoms with E-state index >= 15 is 0 Å². The molecule has 1 atom stereocenters. The molecule has 0 aliphatic heterocycles. The van der Waals surface area contributed by atoms with Gasteiger partial charge in [-0.15, -0.1) is 0 Å². The Morgan fingerprint density at radius 2 is 2.06 bits per heavy atom. The van der Waals surface area contributed by atoms with Crippen LogP contribution in [0.3, 0.4) is 0 Å². The predicted octanol–water partition coefficient (Wildman–Crippen LogP) is 1.87. The largest absolute Gasteiger partial charge is 0.467 e. The van der Waals surface area contributed by atoms with E-state index in [0.29, 0.717) is 0 Å². The van der Waals surface area contributed by atoms with Crippen LogP contribution in [0.5, 0.6) is 0 Å². The van der Waals surface area contributed by atoms with Gasteiger partial charge in [-0.2, -0.15) is 0 Å². The Morgan fingerprint density at radius 1 is 1.41 bits per heavy atom. The fraction of sp³-hybridized carbons (Fsp3) is 0.500. The lowest BCUT2D eigenvalue weighted by Crippen LogP contribution is -2.35. The molecule has 1 fully saturated rings. The molecule has 0 saturated heterocycles. The lowest BCUT2D eigenvalue weighted by Gasteiger charge is -2.23. The Labute approximate surface area is 101 Å². The standard InChI is InChI=1S/C14H18O3/c1-9-4-5-10(2)11(8-9)14(6-7-14)12(15)13(16)17-3/h4-5,8,12,15H,6-7H2,1-3H3. The molecule has 0 heterocycles. The zero-order valence-electron chi connectivity index (χ0n) is 10.5. The Kier molecular flexibility index (Phi) is 2.96. The van der Waals surface area contributed by atoms with Gasteiger partial charge in [-0.3, -0.25) is 0 Å². The highest BCUT2D eigenvalue weighted by molar-refractivity contribution is 5.77. The van der Waals surface area contributed by atoms with Crippen molar-refractivity contribution in [1.29, 1.82) is 0 Å². The molecule has 92 valence electrons. The Balaban J connectivity index is 2.38. The first kappa shape index (κ1) is 12.1. The normalized spacial score (nSPS) is 18.6. The van der Waals surface area contributed by atoms with E-state index in [1.807, 2.05) is 26.0 Å². The molecule has 2 rings (SSSR count). The molecule has 1 saturated carbocycles. The van der Waals surface area contributed by atoms with Crippen LogP contribution in [0.2, 0.25) is 0 Å². The van der Waals surface area contributed by atoms with Crippen molar-refractivity contribution in [2.24, 2.45) is 0 Å². The van der Waals surface area contributed by atoms with Crippen LogP contribution in [-0.2, 0) is 14.9 Å². The van der Waals surface area contributed by atoms with Gasteiger partial charge in [0, 0.05) is 5.41 Å². The lowest BCUT2D eigenvalue weighted by molar-refractivity contribution is -0.152. The van der Waals surface area contributed by atoms with E-state index in [0.717, 1.165) is 29.5 Å². The zero-order chi connectivity index (χ0) is 12.6. The molecule has 0 spiro atoms. The molecule has 0 aromatic heterocycles. The van der Waals surface area contributed by atoms with Gasteiger partial charge in [-0.25, -0.2) is 4.79 Å². The van der Waals surface area contributed by atoms with Crippen LogP contribution in [0.1, 0.15) is 29.5 Å². The van der Waals surface area contributed by atoms with E-state index in [-0.39, 0.29) is 0 Å². The summed E-state index contributed by atoms with van der Waals surface area (Å²) in [7, 11) is 1.31. The van der Waals surface area contributed by atoms with Crippen molar-refractivity contribution in [3.63, 3.8) is 0 Å². The molecule has 1 N–H and O–H groups in total. The number of carbonyl (C=O) groups is 1. The van der Waals surface area contributed by atoms with Gasteiger partial charge >= 0.3 is 5.97 Å². The minimum atomic E-state index is -1.05. The summed E-state index contributed by atoms with van der Waals surface area (Å²) in [6, 6.07) is 6.14. The molecule has 0 amide bonds. The number of hydrogen-bond donors (Lipinski definition) is 1. The molecule has 1 aromatic rings. The van der Waals surface area contributed by atoms with Crippen molar-refractivity contribution in [2.45, 2.75) is 38.2 Å². The van der Waals surface area contributed by atoms with Crippen LogP contribution in [0.4, 0.5) is 0 Å². The van der Waals surface area contributed by atoms with E-state index in [4.69, 9.17) is 0 Å². The molecule has 0 bridgehead atoms. The average Bonchev–Trinajstić information content (AvgIpc) is 3.11. The van der Waals surface area contributed by atoms with Crippen LogP contribution in [0.15, 0.2) is 18.2 Å². The van der Waals surface area contributed by atoms with E-state index in [1.54, 1.807) is 0 Å². The minimum Gasteiger partial charge on any atom is -0.467 e. The first-order valence-corrected chi connectivity index (χ1v) is 5.85. The number of ether oxygens (including phenoxy) is 1. The van der Waals surface area contributed by atoms with Crippen molar-refractivity contribution >= 4 is 5.97 Å².